The van der Waals surface area contributed by atoms with Crippen LogP contribution < -0.4 is 5.32 Å². The highest BCUT2D eigenvalue weighted by atomic mass is 32.1. The van der Waals surface area contributed by atoms with E-state index in [-0.39, 0.29) is 0 Å². The van der Waals surface area contributed by atoms with Crippen molar-refractivity contribution in [2.75, 3.05) is 7.05 Å². The van der Waals surface area contributed by atoms with Gasteiger partial charge in [0.1, 0.15) is 5.76 Å². The lowest BCUT2D eigenvalue weighted by molar-refractivity contribution is 0.164. The second-order valence-corrected chi connectivity index (χ2v) is 7.63. The Morgan fingerprint density at radius 1 is 1.36 bits per heavy atom. The lowest BCUT2D eigenvalue weighted by Crippen LogP contribution is -2.46. The van der Waals surface area contributed by atoms with Crippen molar-refractivity contribution >= 4 is 11.3 Å². The summed E-state index contributed by atoms with van der Waals surface area (Å²) < 4.78 is 5.86. The van der Waals surface area contributed by atoms with Crippen LogP contribution in [0.25, 0.3) is 10.8 Å². The van der Waals surface area contributed by atoms with Crippen LogP contribution in [0.2, 0.25) is 0 Å². The summed E-state index contributed by atoms with van der Waals surface area (Å²) in [7, 11) is 2.23. The average Bonchev–Trinajstić information content (AvgIpc) is 3.21. The number of thiophene rings is 1. The van der Waals surface area contributed by atoms with E-state index in [1.807, 2.05) is 13.0 Å². The minimum atomic E-state index is 0.667. The third-order valence-electron chi connectivity index (χ3n) is 5.10. The lowest BCUT2D eigenvalue weighted by Gasteiger charge is -2.35. The van der Waals surface area contributed by atoms with Crippen molar-refractivity contribution in [1.82, 2.24) is 15.2 Å². The molecule has 0 aromatic carbocycles. The van der Waals surface area contributed by atoms with Gasteiger partial charge in [-0.3, -0.25) is 4.90 Å². The van der Waals surface area contributed by atoms with Crippen LogP contribution in [0.3, 0.4) is 0 Å². The van der Waals surface area contributed by atoms with Gasteiger partial charge in [0.2, 0.25) is 5.89 Å². The molecule has 118 valence electrons. The van der Waals surface area contributed by atoms with E-state index in [4.69, 9.17) is 9.40 Å². The molecule has 0 saturated carbocycles. The monoisotopic (exact) mass is 317 g/mol. The third kappa shape index (κ3) is 2.73. The van der Waals surface area contributed by atoms with E-state index >= 15 is 0 Å². The predicted molar refractivity (Wildman–Crippen MR) is 89.0 cm³/mol. The maximum absolute atomic E-state index is 5.86. The standard InChI is InChI=1S/C17H23N3OS/c1-11-15(19-17(21-11)16-4-3-7-22-16)10-20(2)14-8-12-5-6-13(9-14)18-12/h3-4,7,12-14,18H,5-6,8-10H2,1-2H3. The number of aromatic nitrogens is 1. The van der Waals surface area contributed by atoms with Crippen LogP contribution in [0.1, 0.15) is 37.1 Å². The number of fused-ring (bicyclic) bond motifs is 2. The number of nitrogens with zero attached hydrogens (tertiary/aromatic N) is 2. The summed E-state index contributed by atoms with van der Waals surface area (Å²) in [6.07, 6.45) is 5.23. The highest BCUT2D eigenvalue weighted by molar-refractivity contribution is 7.13. The number of hydrogen-bond acceptors (Lipinski definition) is 5. The molecule has 0 amide bonds. The first kappa shape index (κ1) is 14.4. The molecular weight excluding hydrogens is 294 g/mol. The van der Waals surface area contributed by atoms with Gasteiger partial charge in [0, 0.05) is 24.7 Å². The van der Waals surface area contributed by atoms with Gasteiger partial charge in [-0.25, -0.2) is 4.98 Å². The van der Waals surface area contributed by atoms with E-state index in [0.29, 0.717) is 6.04 Å². The molecule has 2 aliphatic rings. The van der Waals surface area contributed by atoms with Crippen molar-refractivity contribution in [2.45, 2.75) is 57.3 Å². The van der Waals surface area contributed by atoms with Crippen molar-refractivity contribution in [3.05, 3.63) is 29.0 Å². The van der Waals surface area contributed by atoms with E-state index in [1.165, 1.54) is 25.7 Å². The quantitative estimate of drug-likeness (QED) is 0.938. The molecule has 4 rings (SSSR count). The third-order valence-corrected chi connectivity index (χ3v) is 5.95. The van der Waals surface area contributed by atoms with Gasteiger partial charge in [-0.2, -0.15) is 0 Å². The van der Waals surface area contributed by atoms with Crippen LogP contribution in [0.4, 0.5) is 0 Å². The van der Waals surface area contributed by atoms with Crippen LogP contribution in [-0.2, 0) is 6.54 Å². The van der Waals surface area contributed by atoms with Crippen molar-refractivity contribution in [3.8, 4) is 10.8 Å². The lowest BCUT2D eigenvalue weighted by atomic mass is 9.98. The highest BCUT2D eigenvalue weighted by Crippen LogP contribution is 2.31. The molecule has 0 radical (unpaired) electrons. The first-order valence-corrected chi connectivity index (χ1v) is 9.03. The SMILES string of the molecule is Cc1oc(-c2cccs2)nc1CN(C)C1CC2CCC(C1)N2. The molecular formula is C17H23N3OS. The van der Waals surface area contributed by atoms with Gasteiger partial charge in [-0.05, 0) is 51.1 Å². The molecule has 1 N–H and O–H groups in total. The van der Waals surface area contributed by atoms with Crippen LogP contribution in [-0.4, -0.2) is 35.1 Å². The Labute approximate surface area is 135 Å². The molecule has 4 nitrogen and oxygen atoms in total. The van der Waals surface area contributed by atoms with Crippen molar-refractivity contribution in [2.24, 2.45) is 0 Å². The Balaban J connectivity index is 1.46. The highest BCUT2D eigenvalue weighted by Gasteiger charge is 2.35. The van der Waals surface area contributed by atoms with Gasteiger partial charge < -0.3 is 9.73 Å². The minimum Gasteiger partial charge on any atom is -0.440 e. The van der Waals surface area contributed by atoms with Crippen LogP contribution >= 0.6 is 11.3 Å². The fourth-order valence-electron chi connectivity index (χ4n) is 3.83. The van der Waals surface area contributed by atoms with Crippen molar-refractivity contribution in [3.63, 3.8) is 0 Å². The Hall–Kier alpha value is -1.17. The van der Waals surface area contributed by atoms with Gasteiger partial charge in [0.15, 0.2) is 0 Å². The summed E-state index contributed by atoms with van der Waals surface area (Å²) in [5, 5.41) is 5.77. The van der Waals surface area contributed by atoms with E-state index in [1.54, 1.807) is 11.3 Å². The summed E-state index contributed by atoms with van der Waals surface area (Å²) in [5.74, 6) is 1.72. The van der Waals surface area contributed by atoms with E-state index in [0.717, 1.165) is 40.9 Å². The molecule has 2 aliphatic heterocycles. The van der Waals surface area contributed by atoms with E-state index in [2.05, 4.69) is 28.7 Å². The summed E-state index contributed by atoms with van der Waals surface area (Å²) in [4.78, 5) is 8.30. The first-order chi connectivity index (χ1) is 10.7. The zero-order valence-electron chi connectivity index (χ0n) is 13.2. The summed E-state index contributed by atoms with van der Waals surface area (Å²) >= 11 is 1.68. The first-order valence-electron chi connectivity index (χ1n) is 8.15. The van der Waals surface area contributed by atoms with E-state index in [9.17, 15) is 0 Å². The molecule has 2 saturated heterocycles. The number of aryl methyl sites for hydroxylation is 1. The topological polar surface area (TPSA) is 41.3 Å². The second-order valence-electron chi connectivity index (χ2n) is 6.68. The molecule has 0 spiro atoms. The van der Waals surface area contributed by atoms with Gasteiger partial charge in [-0.15, -0.1) is 11.3 Å². The Morgan fingerprint density at radius 2 is 2.14 bits per heavy atom. The Kier molecular flexibility index (Phi) is 3.80. The van der Waals surface area contributed by atoms with Gasteiger partial charge in [0.05, 0.1) is 10.6 Å². The van der Waals surface area contributed by atoms with Gasteiger partial charge in [0.25, 0.3) is 0 Å². The molecule has 2 atom stereocenters. The number of piperidine rings is 1. The maximum Gasteiger partial charge on any atom is 0.236 e. The van der Waals surface area contributed by atoms with Crippen LogP contribution in [0.5, 0.6) is 0 Å². The number of rotatable bonds is 4. The molecule has 2 aromatic rings. The normalized spacial score (nSPS) is 27.7. The van der Waals surface area contributed by atoms with Gasteiger partial charge >= 0.3 is 0 Å². The average molecular weight is 317 g/mol. The number of oxazole rings is 1. The zero-order chi connectivity index (χ0) is 15.1. The number of hydrogen-bond donors (Lipinski definition) is 1. The van der Waals surface area contributed by atoms with E-state index < -0.39 is 0 Å². The molecule has 4 heterocycles. The number of nitrogens with one attached hydrogen (secondary N) is 1. The largest absolute Gasteiger partial charge is 0.440 e. The van der Waals surface area contributed by atoms with Crippen LogP contribution in [0, 0.1) is 6.92 Å². The fraction of sp³-hybridized carbons (Fsp3) is 0.588. The molecule has 22 heavy (non-hydrogen) atoms. The molecule has 2 unspecified atom stereocenters. The fourth-order valence-corrected chi connectivity index (χ4v) is 4.48. The molecule has 5 heteroatoms. The predicted octanol–water partition coefficient (Wildman–Crippen LogP) is 3.43. The summed E-state index contributed by atoms with van der Waals surface area (Å²) in [5.41, 5.74) is 1.08. The van der Waals surface area contributed by atoms with Crippen molar-refractivity contribution < 1.29 is 4.42 Å². The smallest absolute Gasteiger partial charge is 0.236 e. The summed E-state index contributed by atoms with van der Waals surface area (Å²) in [6, 6.07) is 6.22. The Morgan fingerprint density at radius 3 is 2.82 bits per heavy atom. The molecule has 2 bridgehead atoms. The zero-order valence-corrected chi connectivity index (χ0v) is 14.0. The second kappa shape index (κ2) is 5.80. The van der Waals surface area contributed by atoms with Crippen molar-refractivity contribution in [1.29, 1.82) is 0 Å². The molecule has 2 fully saturated rings. The minimum absolute atomic E-state index is 0.667. The molecule has 2 aromatic heterocycles. The van der Waals surface area contributed by atoms with Gasteiger partial charge in [-0.1, -0.05) is 6.07 Å². The van der Waals surface area contributed by atoms with Crippen LogP contribution in [0.15, 0.2) is 21.9 Å². The maximum atomic E-state index is 5.86. The summed E-state index contributed by atoms with van der Waals surface area (Å²) in [6.45, 7) is 2.91. The Bertz CT molecular complexity index is 624. The molecule has 0 aliphatic carbocycles.